The summed E-state index contributed by atoms with van der Waals surface area (Å²) in [6.07, 6.45) is -2.40. The fourth-order valence-corrected chi connectivity index (χ4v) is 3.02. The van der Waals surface area contributed by atoms with Crippen LogP contribution in [0.15, 0.2) is 15.0 Å². The van der Waals surface area contributed by atoms with E-state index < -0.39 is 70.8 Å². The molecule has 0 unspecified atom stereocenters. The minimum absolute atomic E-state index is 0. The predicted octanol–water partition coefficient (Wildman–Crippen LogP) is 0.837. The Hall–Kier alpha value is -4.20. The van der Waals surface area contributed by atoms with Gasteiger partial charge in [-0.15, -0.1) is 0 Å². The van der Waals surface area contributed by atoms with Crippen LogP contribution >= 0.6 is 0 Å². The molecule has 0 aliphatic rings. The van der Waals surface area contributed by atoms with Gasteiger partial charge in [0.2, 0.25) is 11.9 Å². The van der Waals surface area contributed by atoms with Crippen LogP contribution in [0.5, 0.6) is 0 Å². The van der Waals surface area contributed by atoms with Crippen molar-refractivity contribution in [3.63, 3.8) is 0 Å². The van der Waals surface area contributed by atoms with E-state index in [1.807, 2.05) is 0 Å². The number of carboxylic acids is 2. The molecule has 309 valence electrons. The van der Waals surface area contributed by atoms with Crippen LogP contribution in [-0.2, 0) is 45.6 Å². The Balaban J connectivity index is -0.000000926. The molecule has 0 spiro atoms. The number of guanidine groups is 2. The third-order valence-corrected chi connectivity index (χ3v) is 4.94. The summed E-state index contributed by atoms with van der Waals surface area (Å²) >= 11 is 0. The summed E-state index contributed by atoms with van der Waals surface area (Å²) in [6, 6.07) is -2.11. The molecule has 0 aliphatic heterocycles. The molecule has 0 heterocycles. The van der Waals surface area contributed by atoms with E-state index in [1.54, 1.807) is 83.1 Å². The number of nitrogens with one attached hydrogen (secondary N) is 3. The van der Waals surface area contributed by atoms with Crippen molar-refractivity contribution in [2.75, 3.05) is 13.1 Å². The number of hydrogen-bond donors (Lipinski definition) is 6. The van der Waals surface area contributed by atoms with E-state index in [-0.39, 0.29) is 54.9 Å². The van der Waals surface area contributed by atoms with Crippen molar-refractivity contribution in [3.05, 3.63) is 0 Å². The molecule has 0 aromatic carbocycles. The van der Waals surface area contributed by atoms with E-state index >= 15 is 0 Å². The van der Waals surface area contributed by atoms with Gasteiger partial charge in [-0.25, -0.2) is 14.4 Å². The molecule has 20 nitrogen and oxygen atoms in total. The molecule has 0 rings (SSSR count). The normalized spacial score (nSPS) is 13.3. The minimum atomic E-state index is -1.36. The monoisotopic (exact) mass is 809 g/mol. The standard InChI is InChI=1S/2C16H30N4O6.Cu/c2*1-15(2,3)25-13(23)19-12(20-14(24)26-16(4,5)6)18-9-7-8-10(17)11(21)22;/h2*10H,7-9,17H2,1-6H3,(H,21,22)(H2,18,19,20,23,24);/q;;+2/p-2/t2*10-;/m11./s1. The number of carboxylic acid groups (broad SMARTS) is 2. The first-order valence-corrected chi connectivity index (χ1v) is 16.4. The zero-order valence-corrected chi connectivity index (χ0v) is 33.6. The Morgan fingerprint density at radius 1 is 0.623 bits per heavy atom. The van der Waals surface area contributed by atoms with E-state index in [2.05, 4.69) is 30.9 Å². The first-order chi connectivity index (χ1) is 23.4. The number of rotatable bonds is 10. The Bertz CT molecular complexity index is 1250. The van der Waals surface area contributed by atoms with Gasteiger partial charge in [-0.05, 0) is 88.0 Å². The van der Waals surface area contributed by atoms with E-state index in [9.17, 15) is 34.2 Å². The van der Waals surface area contributed by atoms with Gasteiger partial charge < -0.3 is 50.5 Å². The number of aliphatic carboxylic acids is 2. The average molecular weight is 810 g/mol. The van der Waals surface area contributed by atoms with Crippen molar-refractivity contribution in [1.29, 1.82) is 0 Å². The number of carbonyl (C=O) groups is 5. The number of carbonyl (C=O) groups excluding carboxylic acids is 4. The second kappa shape index (κ2) is 24.2. The molecule has 0 saturated carbocycles. The summed E-state index contributed by atoms with van der Waals surface area (Å²) in [4.78, 5) is 68.4. The molecule has 0 aliphatic carbocycles. The topological polar surface area (TPSA) is 314 Å². The quantitative estimate of drug-likeness (QED) is 0.0586. The molecule has 8 N–H and O–H groups in total. The van der Waals surface area contributed by atoms with Gasteiger partial charge in [-0.1, -0.05) is 20.8 Å². The molecule has 3 amide bonds. The zero-order chi connectivity index (χ0) is 41.1. The fraction of sp³-hybridized carbons (Fsp3) is 0.750. The second-order valence-corrected chi connectivity index (χ2v) is 15.1. The number of amides is 3. The first kappa shape index (κ1) is 53.2. The van der Waals surface area contributed by atoms with Crippen molar-refractivity contribution in [2.45, 2.75) is 143 Å². The number of ether oxygens (including phenoxy) is 4. The van der Waals surface area contributed by atoms with E-state index in [1.165, 1.54) is 0 Å². The van der Waals surface area contributed by atoms with E-state index in [0.717, 1.165) is 0 Å². The average Bonchev–Trinajstić information content (AvgIpc) is 2.88. The molecular formula is C32H58CuN8O12. The summed E-state index contributed by atoms with van der Waals surface area (Å²) in [5.41, 5.74) is 7.78. The van der Waals surface area contributed by atoms with Crippen LogP contribution in [0.4, 0.5) is 14.4 Å². The van der Waals surface area contributed by atoms with Crippen molar-refractivity contribution in [2.24, 2.45) is 26.4 Å². The summed E-state index contributed by atoms with van der Waals surface area (Å²) in [7, 11) is 0. The molecule has 0 aromatic heterocycles. The van der Waals surface area contributed by atoms with Crippen molar-refractivity contribution >= 4 is 48.2 Å². The first-order valence-electron chi connectivity index (χ1n) is 16.4. The van der Waals surface area contributed by atoms with Crippen LogP contribution in [0.3, 0.4) is 0 Å². The van der Waals surface area contributed by atoms with E-state index in [4.69, 9.17) is 35.5 Å². The van der Waals surface area contributed by atoms with Crippen LogP contribution in [-0.4, -0.2) is 101 Å². The maximum Gasteiger partial charge on any atom is 2.00 e. The van der Waals surface area contributed by atoms with E-state index in [0.29, 0.717) is 12.8 Å². The molecule has 1 radical (unpaired) electrons. The fourth-order valence-electron chi connectivity index (χ4n) is 3.02. The Kier molecular flexibility index (Phi) is 24.3. The van der Waals surface area contributed by atoms with Gasteiger partial charge in [-0.2, -0.15) is 4.99 Å². The van der Waals surface area contributed by atoms with Crippen LogP contribution in [0, 0.1) is 0 Å². The van der Waals surface area contributed by atoms with Crippen molar-refractivity contribution < 1.29 is 75.3 Å². The van der Waals surface area contributed by atoms with Gasteiger partial charge in [0.25, 0.3) is 0 Å². The SMILES string of the molecule is CC(C)(C)OC(=O)NC(=NCCC[C@@H](N)C(=O)O)NC(=O)OC(C)(C)C.CC(C)(C)OC(=O)NC(=NCCC[C@@H](N)C(=O)[O-])N=C([O-])OC(C)(C)C.[Cu+2]. The molecule has 21 heteroatoms. The number of alkyl carbamates (subject to hydrolysis) is 3. The van der Waals surface area contributed by atoms with Gasteiger partial charge in [0.05, 0.1) is 5.97 Å². The largest absolute Gasteiger partial charge is 2.00 e. The molecule has 0 saturated heterocycles. The molecule has 0 aromatic rings. The third-order valence-electron chi connectivity index (χ3n) is 4.94. The van der Waals surface area contributed by atoms with Crippen LogP contribution < -0.4 is 37.6 Å². The Labute approximate surface area is 321 Å². The number of aliphatic imine (C=N–C) groups is 3. The van der Waals surface area contributed by atoms with Crippen molar-refractivity contribution in [3.8, 4) is 0 Å². The zero-order valence-electron chi connectivity index (χ0n) is 32.6. The number of nitrogens with zero attached hydrogens (tertiary/aromatic N) is 3. The number of hydrogen-bond acceptors (Lipinski definition) is 15. The summed E-state index contributed by atoms with van der Waals surface area (Å²) in [5, 5.41) is 38.0. The van der Waals surface area contributed by atoms with Gasteiger partial charge in [0, 0.05) is 24.7 Å². The number of nitrogens with two attached hydrogens (primary N) is 2. The summed E-state index contributed by atoms with van der Waals surface area (Å²) in [5.74, 6) is -2.92. The third kappa shape index (κ3) is 34.6. The Morgan fingerprint density at radius 3 is 1.34 bits per heavy atom. The van der Waals surface area contributed by atoms with Gasteiger partial charge in [0.1, 0.15) is 22.8 Å². The molecule has 0 fully saturated rings. The predicted molar refractivity (Wildman–Crippen MR) is 188 cm³/mol. The summed E-state index contributed by atoms with van der Waals surface area (Å²) < 4.78 is 20.3. The second-order valence-electron chi connectivity index (χ2n) is 15.1. The maximum absolute atomic E-state index is 11.9. The van der Waals surface area contributed by atoms with Gasteiger partial charge in [0.15, 0.2) is 6.08 Å². The maximum atomic E-state index is 11.9. The van der Waals surface area contributed by atoms with Crippen molar-refractivity contribution in [1.82, 2.24) is 16.0 Å². The minimum Gasteiger partial charge on any atom is -0.594 e. The summed E-state index contributed by atoms with van der Waals surface area (Å²) in [6.45, 7) is 20.4. The molecule has 53 heavy (non-hydrogen) atoms. The molecule has 0 bridgehead atoms. The van der Waals surface area contributed by atoms with Crippen LogP contribution in [0.25, 0.3) is 0 Å². The Morgan fingerprint density at radius 2 is 0.981 bits per heavy atom. The smallest absolute Gasteiger partial charge is 0.594 e. The van der Waals surface area contributed by atoms with Crippen LogP contribution in [0.2, 0.25) is 0 Å². The van der Waals surface area contributed by atoms with Gasteiger partial charge >= 0.3 is 41.3 Å². The molecular weight excluding hydrogens is 752 g/mol. The van der Waals surface area contributed by atoms with Gasteiger partial charge in [-0.3, -0.25) is 30.7 Å². The molecule has 2 atom stereocenters. The van der Waals surface area contributed by atoms with Crippen LogP contribution in [0.1, 0.15) is 109 Å².